The summed E-state index contributed by atoms with van der Waals surface area (Å²) < 4.78 is 38.3. The van der Waals surface area contributed by atoms with E-state index in [1.54, 1.807) is 0 Å². The number of hydrogen-bond acceptors (Lipinski definition) is 5. The molecule has 0 unspecified atom stereocenters. The molecule has 0 saturated heterocycles. The highest BCUT2D eigenvalue weighted by molar-refractivity contribution is 6.37. The third kappa shape index (κ3) is 5.73. The van der Waals surface area contributed by atoms with Crippen LogP contribution in [0.1, 0.15) is 5.56 Å². The van der Waals surface area contributed by atoms with Gasteiger partial charge < -0.3 is 14.8 Å². The zero-order chi connectivity index (χ0) is 24.1. The zero-order valence-electron chi connectivity index (χ0n) is 16.6. The SMILES string of the molecule is COC(=NC(=O)Nc1cc(Cl)c(Oc2ccc([N+](=O)[O-])cc2)c(Cl)c1)c1c(F)cccc1F. The van der Waals surface area contributed by atoms with Gasteiger partial charge in [-0.1, -0.05) is 29.3 Å². The fourth-order valence-electron chi connectivity index (χ4n) is 2.63. The van der Waals surface area contributed by atoms with E-state index in [1.807, 2.05) is 0 Å². The molecule has 0 aliphatic carbocycles. The lowest BCUT2D eigenvalue weighted by Crippen LogP contribution is -2.15. The molecule has 3 aromatic rings. The van der Waals surface area contributed by atoms with E-state index in [0.717, 1.165) is 25.3 Å². The van der Waals surface area contributed by atoms with E-state index >= 15 is 0 Å². The maximum Gasteiger partial charge on any atom is 0.348 e. The second-order valence-corrected chi connectivity index (χ2v) is 7.08. The van der Waals surface area contributed by atoms with E-state index in [4.69, 9.17) is 32.7 Å². The first-order valence-corrected chi connectivity index (χ1v) is 9.74. The fraction of sp³-hybridized carbons (Fsp3) is 0.0476. The Morgan fingerprint density at radius 1 is 1.06 bits per heavy atom. The summed E-state index contributed by atoms with van der Waals surface area (Å²) in [5.74, 6) is -2.20. The van der Waals surface area contributed by atoms with Gasteiger partial charge in [-0.05, 0) is 36.4 Å². The van der Waals surface area contributed by atoms with E-state index in [1.165, 1.54) is 36.4 Å². The van der Waals surface area contributed by atoms with Crippen LogP contribution in [0.15, 0.2) is 59.6 Å². The minimum atomic E-state index is -1.01. The molecule has 0 aromatic heterocycles. The van der Waals surface area contributed by atoms with Crippen LogP contribution >= 0.6 is 23.2 Å². The summed E-state index contributed by atoms with van der Waals surface area (Å²) in [7, 11) is 1.11. The van der Waals surface area contributed by atoms with Crippen molar-refractivity contribution in [2.45, 2.75) is 0 Å². The summed E-state index contributed by atoms with van der Waals surface area (Å²) in [6.45, 7) is 0. The average Bonchev–Trinajstić information content (AvgIpc) is 2.75. The van der Waals surface area contributed by atoms with Crippen LogP contribution < -0.4 is 10.1 Å². The maximum absolute atomic E-state index is 13.9. The molecule has 0 saturated carbocycles. The van der Waals surface area contributed by atoms with E-state index in [9.17, 15) is 23.7 Å². The Balaban J connectivity index is 1.80. The largest absolute Gasteiger partial charge is 0.480 e. The van der Waals surface area contributed by atoms with Crippen molar-refractivity contribution in [2.24, 2.45) is 4.99 Å². The van der Waals surface area contributed by atoms with Crippen molar-refractivity contribution in [1.29, 1.82) is 0 Å². The van der Waals surface area contributed by atoms with Crippen LogP contribution in [-0.2, 0) is 4.74 Å². The number of non-ortho nitro benzene ring substituents is 1. The van der Waals surface area contributed by atoms with Crippen molar-refractivity contribution < 1.29 is 28.0 Å². The summed E-state index contributed by atoms with van der Waals surface area (Å²) in [4.78, 5) is 26.0. The third-order valence-corrected chi connectivity index (χ3v) is 4.65. The van der Waals surface area contributed by atoms with Gasteiger partial charge in [0, 0.05) is 17.8 Å². The van der Waals surface area contributed by atoms with E-state index in [2.05, 4.69) is 10.3 Å². The van der Waals surface area contributed by atoms with Crippen molar-refractivity contribution >= 4 is 46.5 Å². The lowest BCUT2D eigenvalue weighted by Gasteiger charge is -2.12. The van der Waals surface area contributed by atoms with Crippen molar-refractivity contribution in [3.05, 3.63) is 92.0 Å². The van der Waals surface area contributed by atoms with Crippen molar-refractivity contribution in [3.8, 4) is 11.5 Å². The number of anilines is 1. The summed E-state index contributed by atoms with van der Waals surface area (Å²) in [5, 5.41) is 13.1. The monoisotopic (exact) mass is 495 g/mol. The predicted octanol–water partition coefficient (Wildman–Crippen LogP) is 6.60. The van der Waals surface area contributed by atoms with Crippen LogP contribution in [0.25, 0.3) is 0 Å². The van der Waals surface area contributed by atoms with Crippen LogP contribution in [0, 0.1) is 21.7 Å². The Hall–Kier alpha value is -3.76. The number of amides is 2. The highest BCUT2D eigenvalue weighted by Gasteiger charge is 2.18. The Bertz CT molecular complexity index is 1210. The molecule has 0 fully saturated rings. The molecule has 0 atom stereocenters. The van der Waals surface area contributed by atoms with Gasteiger partial charge in [0.1, 0.15) is 22.9 Å². The minimum Gasteiger partial charge on any atom is -0.480 e. The molecule has 0 spiro atoms. The topological polar surface area (TPSA) is 103 Å². The van der Waals surface area contributed by atoms with Crippen molar-refractivity contribution in [1.82, 2.24) is 0 Å². The summed E-state index contributed by atoms with van der Waals surface area (Å²) in [6, 6.07) is 9.96. The summed E-state index contributed by atoms with van der Waals surface area (Å²) in [6.07, 6.45) is 0. The van der Waals surface area contributed by atoms with Crippen LogP contribution in [-0.4, -0.2) is 24.0 Å². The number of nitrogens with zero attached hydrogens (tertiary/aromatic N) is 2. The molecule has 1 N–H and O–H groups in total. The van der Waals surface area contributed by atoms with Gasteiger partial charge in [0.15, 0.2) is 5.75 Å². The molecule has 2 amide bonds. The highest BCUT2D eigenvalue weighted by atomic mass is 35.5. The molecule has 33 heavy (non-hydrogen) atoms. The minimum absolute atomic E-state index is 0.00671. The molecule has 0 bridgehead atoms. The number of benzene rings is 3. The summed E-state index contributed by atoms with van der Waals surface area (Å²) in [5.41, 5.74) is -0.610. The molecule has 3 aromatic carbocycles. The van der Waals surface area contributed by atoms with Gasteiger partial charge in [-0.15, -0.1) is 0 Å². The number of urea groups is 1. The Labute approximate surface area is 195 Å². The quantitative estimate of drug-likeness (QED) is 0.186. The predicted molar refractivity (Wildman–Crippen MR) is 119 cm³/mol. The number of methoxy groups -OCH3 is 1. The number of nitrogens with one attached hydrogen (secondary N) is 1. The fourth-order valence-corrected chi connectivity index (χ4v) is 3.20. The molecule has 170 valence electrons. The smallest absolute Gasteiger partial charge is 0.348 e. The molecule has 0 aliphatic heterocycles. The van der Waals surface area contributed by atoms with Gasteiger partial charge in [-0.2, -0.15) is 4.99 Å². The number of halogens is 4. The van der Waals surface area contributed by atoms with Crippen LogP contribution in [0.3, 0.4) is 0 Å². The molecular formula is C21H13Cl2F2N3O5. The number of carbonyl (C=O) groups is 1. The molecule has 12 heteroatoms. The molecule has 3 rings (SSSR count). The number of ether oxygens (including phenoxy) is 2. The van der Waals surface area contributed by atoms with Gasteiger partial charge in [0.05, 0.1) is 22.1 Å². The number of nitro benzene ring substituents is 1. The number of nitro groups is 1. The van der Waals surface area contributed by atoms with E-state index in [-0.39, 0.29) is 32.9 Å². The van der Waals surface area contributed by atoms with Gasteiger partial charge in [-0.25, -0.2) is 13.6 Å². The molecule has 0 aliphatic rings. The Morgan fingerprint density at radius 3 is 2.15 bits per heavy atom. The van der Waals surface area contributed by atoms with Crippen LogP contribution in [0.2, 0.25) is 10.0 Å². The first-order chi connectivity index (χ1) is 15.7. The normalized spacial score (nSPS) is 11.1. The van der Waals surface area contributed by atoms with Crippen molar-refractivity contribution in [3.63, 3.8) is 0 Å². The number of rotatable bonds is 5. The van der Waals surface area contributed by atoms with Gasteiger partial charge in [-0.3, -0.25) is 10.1 Å². The third-order valence-electron chi connectivity index (χ3n) is 4.09. The van der Waals surface area contributed by atoms with Crippen LogP contribution in [0.4, 0.5) is 25.0 Å². The standard InChI is InChI=1S/C21H13Cl2F2N3O5/c1-32-20(18-16(24)3-2-4-17(18)25)27-21(29)26-11-9-14(22)19(15(23)10-11)33-13-7-5-12(6-8-13)28(30)31/h2-10H,1H3,(H,26,29). The van der Waals surface area contributed by atoms with E-state index < -0.39 is 34.1 Å². The van der Waals surface area contributed by atoms with E-state index in [0.29, 0.717) is 0 Å². The zero-order valence-corrected chi connectivity index (χ0v) is 18.2. The second kappa shape index (κ2) is 10.2. The highest BCUT2D eigenvalue weighted by Crippen LogP contribution is 2.39. The molecule has 0 radical (unpaired) electrons. The Kier molecular flexibility index (Phi) is 7.41. The number of hydrogen-bond donors (Lipinski definition) is 1. The average molecular weight is 496 g/mol. The summed E-state index contributed by atoms with van der Waals surface area (Å²) >= 11 is 12.4. The van der Waals surface area contributed by atoms with Gasteiger partial charge in [0.25, 0.3) is 5.69 Å². The molecule has 8 nitrogen and oxygen atoms in total. The number of carbonyl (C=O) groups excluding carboxylic acids is 1. The Morgan fingerprint density at radius 2 is 1.64 bits per heavy atom. The lowest BCUT2D eigenvalue weighted by atomic mass is 10.2. The second-order valence-electron chi connectivity index (χ2n) is 6.27. The lowest BCUT2D eigenvalue weighted by molar-refractivity contribution is -0.384. The molecular weight excluding hydrogens is 483 g/mol. The number of aliphatic imine (C=N–C) groups is 1. The van der Waals surface area contributed by atoms with Crippen LogP contribution in [0.5, 0.6) is 11.5 Å². The van der Waals surface area contributed by atoms with Gasteiger partial charge in [0.2, 0.25) is 5.90 Å². The van der Waals surface area contributed by atoms with Gasteiger partial charge >= 0.3 is 6.03 Å². The maximum atomic E-state index is 13.9. The van der Waals surface area contributed by atoms with Crippen molar-refractivity contribution in [2.75, 3.05) is 12.4 Å². The first-order valence-electron chi connectivity index (χ1n) is 8.99. The first kappa shape index (κ1) is 23.9. The molecule has 0 heterocycles.